The summed E-state index contributed by atoms with van der Waals surface area (Å²) in [6.07, 6.45) is 2.99. The van der Waals surface area contributed by atoms with Gasteiger partial charge in [-0.1, -0.05) is 37.3 Å². The molecule has 1 atom stereocenters. The molecule has 0 unspecified atom stereocenters. The fourth-order valence-corrected chi connectivity index (χ4v) is 4.62. The van der Waals surface area contributed by atoms with Crippen LogP contribution in [0.25, 0.3) is 0 Å². The zero-order chi connectivity index (χ0) is 22.3. The standard InChI is InChI=1S/C26H35N3O3/c1-3-23-18-29(17-21-15-24(31-2)9-10-25(21)32-23)19-26(30)27-22-11-13-28(14-12-22)16-20-7-5-4-6-8-20/h4-10,15,22-23H,3,11-14,16-19H2,1-2H3,(H,27,30)/t23-/m1/s1. The number of rotatable bonds is 7. The molecule has 2 aliphatic rings. The average molecular weight is 438 g/mol. The zero-order valence-electron chi connectivity index (χ0n) is 19.3. The van der Waals surface area contributed by atoms with Crippen LogP contribution in [0.2, 0.25) is 0 Å². The fourth-order valence-electron chi connectivity index (χ4n) is 4.62. The maximum Gasteiger partial charge on any atom is 0.234 e. The van der Waals surface area contributed by atoms with Gasteiger partial charge in [-0.15, -0.1) is 0 Å². The van der Waals surface area contributed by atoms with Crippen molar-refractivity contribution in [3.63, 3.8) is 0 Å². The molecule has 6 nitrogen and oxygen atoms in total. The Kier molecular flexibility index (Phi) is 7.66. The highest BCUT2D eigenvalue weighted by atomic mass is 16.5. The largest absolute Gasteiger partial charge is 0.497 e. The lowest BCUT2D eigenvalue weighted by Crippen LogP contribution is -2.47. The summed E-state index contributed by atoms with van der Waals surface area (Å²) in [6.45, 7) is 6.96. The number of amides is 1. The van der Waals surface area contributed by atoms with Gasteiger partial charge < -0.3 is 14.8 Å². The summed E-state index contributed by atoms with van der Waals surface area (Å²) < 4.78 is 11.6. The van der Waals surface area contributed by atoms with E-state index >= 15 is 0 Å². The van der Waals surface area contributed by atoms with E-state index in [2.05, 4.69) is 52.4 Å². The molecule has 32 heavy (non-hydrogen) atoms. The van der Waals surface area contributed by atoms with E-state index in [-0.39, 0.29) is 18.1 Å². The SMILES string of the molecule is CC[C@@H]1CN(CC(=O)NC2CCN(Cc3ccccc3)CC2)Cc2cc(OC)ccc2O1. The molecule has 2 heterocycles. The molecular weight excluding hydrogens is 402 g/mol. The molecule has 2 aromatic rings. The number of ether oxygens (including phenoxy) is 2. The van der Waals surface area contributed by atoms with E-state index in [9.17, 15) is 4.79 Å². The van der Waals surface area contributed by atoms with E-state index in [0.717, 1.165) is 62.5 Å². The summed E-state index contributed by atoms with van der Waals surface area (Å²) in [5, 5.41) is 3.28. The number of nitrogens with zero attached hydrogens (tertiary/aromatic N) is 2. The van der Waals surface area contributed by atoms with Crippen LogP contribution in [0.5, 0.6) is 11.5 Å². The van der Waals surface area contributed by atoms with E-state index < -0.39 is 0 Å². The van der Waals surface area contributed by atoms with E-state index in [4.69, 9.17) is 9.47 Å². The first kappa shape index (κ1) is 22.6. The maximum absolute atomic E-state index is 12.9. The number of hydrogen-bond donors (Lipinski definition) is 1. The van der Waals surface area contributed by atoms with Gasteiger partial charge in [0.2, 0.25) is 5.91 Å². The number of benzene rings is 2. The van der Waals surface area contributed by atoms with Crippen LogP contribution in [0.4, 0.5) is 0 Å². The van der Waals surface area contributed by atoms with E-state index in [0.29, 0.717) is 13.1 Å². The second kappa shape index (κ2) is 10.8. The quantitative estimate of drug-likeness (QED) is 0.719. The van der Waals surface area contributed by atoms with E-state index in [1.165, 1.54) is 5.56 Å². The Morgan fingerprint density at radius 2 is 1.91 bits per heavy atom. The monoisotopic (exact) mass is 437 g/mol. The number of hydrogen-bond acceptors (Lipinski definition) is 5. The summed E-state index contributed by atoms with van der Waals surface area (Å²) in [6, 6.07) is 16.8. The molecule has 0 spiro atoms. The third-order valence-electron chi connectivity index (χ3n) is 6.44. The van der Waals surface area contributed by atoms with E-state index in [1.54, 1.807) is 7.11 Å². The number of methoxy groups -OCH3 is 1. The van der Waals surface area contributed by atoms with Gasteiger partial charge in [0.1, 0.15) is 17.6 Å². The molecule has 1 fully saturated rings. The van der Waals surface area contributed by atoms with Gasteiger partial charge in [-0.05, 0) is 43.0 Å². The maximum atomic E-state index is 12.9. The summed E-state index contributed by atoms with van der Waals surface area (Å²) in [7, 11) is 1.67. The molecular formula is C26H35N3O3. The van der Waals surface area contributed by atoms with Crippen molar-refractivity contribution in [3.05, 3.63) is 59.7 Å². The number of likely N-dealkylation sites (tertiary alicyclic amines) is 1. The van der Waals surface area contributed by atoms with Crippen molar-refractivity contribution in [2.75, 3.05) is 33.3 Å². The van der Waals surface area contributed by atoms with Crippen molar-refractivity contribution < 1.29 is 14.3 Å². The van der Waals surface area contributed by atoms with Crippen LogP contribution in [0.3, 0.4) is 0 Å². The molecule has 2 aromatic carbocycles. The first-order chi connectivity index (χ1) is 15.6. The Bertz CT molecular complexity index is 881. The van der Waals surface area contributed by atoms with Crippen LogP contribution in [0, 0.1) is 0 Å². The van der Waals surface area contributed by atoms with Gasteiger partial charge in [0.15, 0.2) is 0 Å². The van der Waals surface area contributed by atoms with Gasteiger partial charge in [-0.2, -0.15) is 0 Å². The van der Waals surface area contributed by atoms with Gasteiger partial charge in [0.25, 0.3) is 0 Å². The molecule has 172 valence electrons. The summed E-state index contributed by atoms with van der Waals surface area (Å²) in [5.74, 6) is 1.81. The predicted octanol–water partition coefficient (Wildman–Crippen LogP) is 3.45. The molecule has 1 saturated heterocycles. The number of nitrogens with one attached hydrogen (secondary N) is 1. The Balaban J connectivity index is 1.28. The van der Waals surface area contributed by atoms with Gasteiger partial charge in [0, 0.05) is 44.3 Å². The highest BCUT2D eigenvalue weighted by Crippen LogP contribution is 2.29. The first-order valence-corrected chi connectivity index (χ1v) is 11.7. The average Bonchev–Trinajstić information content (AvgIpc) is 2.98. The minimum absolute atomic E-state index is 0.0821. The van der Waals surface area contributed by atoms with Gasteiger partial charge in [-0.3, -0.25) is 14.6 Å². The van der Waals surface area contributed by atoms with E-state index in [1.807, 2.05) is 18.2 Å². The van der Waals surface area contributed by atoms with Crippen molar-refractivity contribution >= 4 is 5.91 Å². The Labute approximate surface area is 191 Å². The van der Waals surface area contributed by atoms with Crippen LogP contribution in [-0.2, 0) is 17.9 Å². The molecule has 0 saturated carbocycles. The second-order valence-corrected chi connectivity index (χ2v) is 8.89. The molecule has 1 N–H and O–H groups in total. The highest BCUT2D eigenvalue weighted by Gasteiger charge is 2.26. The summed E-state index contributed by atoms with van der Waals surface area (Å²) >= 11 is 0. The molecule has 0 bridgehead atoms. The first-order valence-electron chi connectivity index (χ1n) is 11.7. The van der Waals surface area contributed by atoms with Crippen LogP contribution in [-0.4, -0.2) is 61.1 Å². The van der Waals surface area contributed by atoms with Gasteiger partial charge in [-0.25, -0.2) is 0 Å². The number of carbonyl (C=O) groups is 1. The lowest BCUT2D eigenvalue weighted by Gasteiger charge is -2.33. The number of piperidine rings is 1. The second-order valence-electron chi connectivity index (χ2n) is 8.89. The highest BCUT2D eigenvalue weighted by molar-refractivity contribution is 5.78. The minimum atomic E-state index is 0.0821. The number of carbonyl (C=O) groups excluding carboxylic acids is 1. The lowest BCUT2D eigenvalue weighted by molar-refractivity contribution is -0.123. The topological polar surface area (TPSA) is 54.0 Å². The molecule has 0 aromatic heterocycles. The van der Waals surface area contributed by atoms with Crippen molar-refractivity contribution in [3.8, 4) is 11.5 Å². The van der Waals surface area contributed by atoms with Crippen LogP contribution < -0.4 is 14.8 Å². The molecule has 2 aliphatic heterocycles. The van der Waals surface area contributed by atoms with Crippen LogP contribution >= 0.6 is 0 Å². The molecule has 0 radical (unpaired) electrons. The fraction of sp³-hybridized carbons (Fsp3) is 0.500. The Hall–Kier alpha value is -2.57. The lowest BCUT2D eigenvalue weighted by atomic mass is 10.0. The van der Waals surface area contributed by atoms with Gasteiger partial charge in [0.05, 0.1) is 13.7 Å². The smallest absolute Gasteiger partial charge is 0.234 e. The Morgan fingerprint density at radius 3 is 2.62 bits per heavy atom. The number of fused-ring (bicyclic) bond motifs is 1. The zero-order valence-corrected chi connectivity index (χ0v) is 19.3. The summed E-state index contributed by atoms with van der Waals surface area (Å²) in [4.78, 5) is 17.5. The van der Waals surface area contributed by atoms with Crippen molar-refractivity contribution in [1.82, 2.24) is 15.1 Å². The molecule has 6 heteroatoms. The van der Waals surface area contributed by atoms with Crippen LogP contribution in [0.15, 0.2) is 48.5 Å². The minimum Gasteiger partial charge on any atom is -0.497 e. The predicted molar refractivity (Wildman–Crippen MR) is 126 cm³/mol. The Morgan fingerprint density at radius 1 is 1.12 bits per heavy atom. The molecule has 4 rings (SSSR count). The van der Waals surface area contributed by atoms with Crippen molar-refractivity contribution in [2.45, 2.75) is 51.4 Å². The van der Waals surface area contributed by atoms with Gasteiger partial charge >= 0.3 is 0 Å². The molecule has 0 aliphatic carbocycles. The summed E-state index contributed by atoms with van der Waals surface area (Å²) in [5.41, 5.74) is 2.42. The van der Waals surface area contributed by atoms with Crippen molar-refractivity contribution in [2.24, 2.45) is 0 Å². The van der Waals surface area contributed by atoms with Crippen LogP contribution in [0.1, 0.15) is 37.3 Å². The normalized spacial score (nSPS) is 20.1. The van der Waals surface area contributed by atoms with Crippen molar-refractivity contribution in [1.29, 1.82) is 0 Å². The third kappa shape index (κ3) is 6.02. The third-order valence-corrected chi connectivity index (χ3v) is 6.44. The molecule has 1 amide bonds.